The summed E-state index contributed by atoms with van der Waals surface area (Å²) in [7, 11) is 0.221. The smallest absolute Gasteiger partial charge is 0.0209 e. The van der Waals surface area contributed by atoms with Crippen LogP contribution in [0.4, 0.5) is 0 Å². The van der Waals surface area contributed by atoms with E-state index in [1.165, 1.54) is 39.3 Å². The molecule has 0 fully saturated rings. The maximum Gasteiger partial charge on any atom is 0.0209 e. The fourth-order valence-corrected chi connectivity index (χ4v) is 15.0. The van der Waals surface area contributed by atoms with Gasteiger partial charge in [0.1, 0.15) is 0 Å². The van der Waals surface area contributed by atoms with Crippen LogP contribution in [-0.2, 0) is 0 Å². The van der Waals surface area contributed by atoms with Crippen LogP contribution in [0.25, 0.3) is 21.8 Å². The zero-order chi connectivity index (χ0) is 30.6. The molecule has 3 aliphatic heterocycles. The minimum absolute atomic E-state index is 0.0212. The average molecular weight is 609 g/mol. The summed E-state index contributed by atoms with van der Waals surface area (Å²) >= 11 is 0. The molecule has 2 unspecified atom stereocenters. The molecule has 8 rings (SSSR count). The third kappa shape index (κ3) is 4.25. The summed E-state index contributed by atoms with van der Waals surface area (Å²) < 4.78 is 0. The standard InChI is InChI=1S/C40H36P2.C2H6/c1-26-31(27-17-9-5-10-18-27)34(29-21-13-7-14-22-29)41-35-32(26)39(2,3)38-37(35)42-25-40(38,4)33(28-19-11-6-12-20-28)36(42)30-23-15-8-16-24-30;1-2/h5-24,26,41H,25H2,1-4H3;1-2H3/t26?,40-,42-;/m1./s1. The third-order valence-corrected chi connectivity index (χ3v) is 14.8. The SMILES string of the molecule is CC.CC1C(c2ccccc2)=C(c2ccccc2)PC2=C1C(C)(C)C1=C2[P@]2C[C@]1(C)C(c1ccccc1)=C2c1ccccc1. The highest BCUT2D eigenvalue weighted by Crippen LogP contribution is 2.86. The molecule has 220 valence electrons. The number of hydrogen-bond acceptors (Lipinski definition) is 0. The summed E-state index contributed by atoms with van der Waals surface area (Å²) in [4.78, 5) is 0. The zero-order valence-corrected chi connectivity index (χ0v) is 28.7. The van der Waals surface area contributed by atoms with Gasteiger partial charge >= 0.3 is 0 Å². The van der Waals surface area contributed by atoms with Crippen LogP contribution < -0.4 is 0 Å². The first kappa shape index (κ1) is 29.4. The van der Waals surface area contributed by atoms with Crippen LogP contribution in [0.1, 0.15) is 63.8 Å². The Labute approximate surface area is 267 Å². The van der Waals surface area contributed by atoms with E-state index in [0.29, 0.717) is 14.5 Å². The molecule has 4 aromatic carbocycles. The highest BCUT2D eigenvalue weighted by atomic mass is 31.1. The van der Waals surface area contributed by atoms with E-state index in [4.69, 9.17) is 0 Å². The number of rotatable bonds is 4. The molecule has 0 saturated carbocycles. The van der Waals surface area contributed by atoms with Crippen LogP contribution in [0.15, 0.2) is 143 Å². The molecule has 4 aromatic rings. The molecule has 4 atom stereocenters. The fourth-order valence-electron chi connectivity index (χ4n) is 8.72. The van der Waals surface area contributed by atoms with Crippen molar-refractivity contribution in [2.24, 2.45) is 16.7 Å². The molecule has 0 aromatic heterocycles. The van der Waals surface area contributed by atoms with Crippen molar-refractivity contribution in [2.45, 2.75) is 41.5 Å². The first-order valence-electron chi connectivity index (χ1n) is 16.2. The van der Waals surface area contributed by atoms with Crippen molar-refractivity contribution in [2.75, 3.05) is 6.16 Å². The minimum Gasteiger partial charge on any atom is -0.0683 e. The highest BCUT2D eigenvalue weighted by molar-refractivity contribution is 7.75. The zero-order valence-electron chi connectivity index (χ0n) is 26.8. The van der Waals surface area contributed by atoms with Crippen LogP contribution >= 0.6 is 16.5 Å². The van der Waals surface area contributed by atoms with Gasteiger partial charge in [-0.3, -0.25) is 0 Å². The minimum atomic E-state index is -0.452. The molecule has 0 nitrogen and oxygen atoms in total. The third-order valence-electron chi connectivity index (χ3n) is 10.0. The Morgan fingerprint density at radius 1 is 0.591 bits per heavy atom. The van der Waals surface area contributed by atoms with Crippen molar-refractivity contribution in [3.05, 3.63) is 165 Å². The van der Waals surface area contributed by atoms with E-state index in [9.17, 15) is 0 Å². The maximum absolute atomic E-state index is 2.58. The summed E-state index contributed by atoms with van der Waals surface area (Å²) in [6.45, 7) is 14.2. The summed E-state index contributed by atoms with van der Waals surface area (Å²) in [6.07, 6.45) is 1.25. The molecule has 0 amide bonds. The largest absolute Gasteiger partial charge is 0.0683 e. The van der Waals surface area contributed by atoms with Gasteiger partial charge in [-0.25, -0.2) is 0 Å². The van der Waals surface area contributed by atoms with Gasteiger partial charge in [0, 0.05) is 16.7 Å². The monoisotopic (exact) mass is 608 g/mol. The Kier molecular flexibility index (Phi) is 7.52. The number of hydrogen-bond donors (Lipinski definition) is 0. The molecule has 0 N–H and O–H groups in total. The summed E-state index contributed by atoms with van der Waals surface area (Å²) in [6, 6.07) is 45.0. The maximum atomic E-state index is 2.58. The first-order chi connectivity index (χ1) is 21.4. The Balaban J connectivity index is 0.00000153. The van der Waals surface area contributed by atoms with Crippen molar-refractivity contribution < 1.29 is 0 Å². The van der Waals surface area contributed by atoms with E-state index >= 15 is 0 Å². The fraction of sp³-hybridized carbons (Fsp3) is 0.238. The van der Waals surface area contributed by atoms with E-state index in [1.807, 2.05) is 13.8 Å². The van der Waals surface area contributed by atoms with Crippen LogP contribution in [0.5, 0.6) is 0 Å². The van der Waals surface area contributed by atoms with Gasteiger partial charge < -0.3 is 0 Å². The molecular weight excluding hydrogens is 566 g/mol. The van der Waals surface area contributed by atoms with Crippen LogP contribution in [0.2, 0.25) is 0 Å². The van der Waals surface area contributed by atoms with Crippen LogP contribution in [0.3, 0.4) is 0 Å². The van der Waals surface area contributed by atoms with Gasteiger partial charge in [0.25, 0.3) is 0 Å². The van der Waals surface area contributed by atoms with Gasteiger partial charge in [0.2, 0.25) is 0 Å². The van der Waals surface area contributed by atoms with Crippen molar-refractivity contribution in [1.29, 1.82) is 0 Å². The van der Waals surface area contributed by atoms with E-state index in [2.05, 4.69) is 149 Å². The first-order valence-corrected chi connectivity index (χ1v) is 18.7. The Hall–Kier alpha value is -3.30. The molecule has 0 radical (unpaired) electrons. The quantitative estimate of drug-likeness (QED) is 0.202. The van der Waals surface area contributed by atoms with Gasteiger partial charge in [0.15, 0.2) is 0 Å². The Morgan fingerprint density at radius 2 is 1.07 bits per heavy atom. The summed E-state index contributed by atoms with van der Waals surface area (Å²) in [5.41, 5.74) is 12.2. The van der Waals surface area contributed by atoms with Crippen molar-refractivity contribution in [1.82, 2.24) is 0 Å². The lowest BCUT2D eigenvalue weighted by atomic mass is 9.62. The molecule has 0 saturated heterocycles. The van der Waals surface area contributed by atoms with Crippen molar-refractivity contribution in [3.8, 4) is 0 Å². The van der Waals surface area contributed by atoms with Crippen LogP contribution in [-0.4, -0.2) is 6.16 Å². The second kappa shape index (κ2) is 11.2. The molecule has 2 heteroatoms. The van der Waals surface area contributed by atoms with E-state index in [-0.39, 0.29) is 10.8 Å². The molecule has 1 aliphatic carbocycles. The van der Waals surface area contributed by atoms with Crippen molar-refractivity contribution >= 4 is 38.3 Å². The van der Waals surface area contributed by atoms with Crippen molar-refractivity contribution in [3.63, 3.8) is 0 Å². The lowest BCUT2D eigenvalue weighted by molar-refractivity contribution is 0.423. The molecule has 2 bridgehead atoms. The van der Waals surface area contributed by atoms with E-state index in [1.54, 1.807) is 32.7 Å². The summed E-state index contributed by atoms with van der Waals surface area (Å²) in [5.74, 6) is 0.360. The molecule has 44 heavy (non-hydrogen) atoms. The second-order valence-corrected chi connectivity index (χ2v) is 16.2. The van der Waals surface area contributed by atoms with Gasteiger partial charge in [-0.15, -0.1) is 0 Å². The second-order valence-electron chi connectivity index (χ2n) is 12.9. The summed E-state index contributed by atoms with van der Waals surface area (Å²) in [5, 5.41) is 6.60. The Morgan fingerprint density at radius 3 is 1.61 bits per heavy atom. The predicted molar refractivity (Wildman–Crippen MR) is 196 cm³/mol. The normalized spacial score (nSPS) is 25.3. The van der Waals surface area contributed by atoms with E-state index < -0.39 is 7.92 Å². The number of allylic oxidation sites excluding steroid dienone is 6. The number of fused-ring (bicyclic) bond motifs is 5. The molecule has 3 heterocycles. The molecule has 0 spiro atoms. The van der Waals surface area contributed by atoms with Gasteiger partial charge in [-0.05, 0) is 79.9 Å². The van der Waals surface area contributed by atoms with E-state index in [0.717, 1.165) is 0 Å². The van der Waals surface area contributed by atoms with Gasteiger partial charge in [-0.1, -0.05) is 171 Å². The molecule has 4 aliphatic rings. The van der Waals surface area contributed by atoms with Gasteiger partial charge in [-0.2, -0.15) is 0 Å². The highest BCUT2D eigenvalue weighted by Gasteiger charge is 2.62. The molecular formula is C42H42P2. The predicted octanol–water partition coefficient (Wildman–Crippen LogP) is 12.5. The lowest BCUT2D eigenvalue weighted by Crippen LogP contribution is -2.31. The van der Waals surface area contributed by atoms with Crippen LogP contribution in [0, 0.1) is 16.7 Å². The average Bonchev–Trinajstić information content (AvgIpc) is 3.65. The topological polar surface area (TPSA) is 0 Å². The lowest BCUT2D eigenvalue weighted by Gasteiger charge is -2.42. The Bertz CT molecular complexity index is 1840. The van der Waals surface area contributed by atoms with Gasteiger partial charge in [0.05, 0.1) is 0 Å². The number of benzene rings is 4.